The van der Waals surface area contributed by atoms with Crippen LogP contribution in [0, 0.1) is 6.92 Å². The van der Waals surface area contributed by atoms with E-state index in [2.05, 4.69) is 19.1 Å². The third-order valence-corrected chi connectivity index (χ3v) is 1.66. The summed E-state index contributed by atoms with van der Waals surface area (Å²) in [5.74, 6) is 0. The molecule has 0 aromatic heterocycles. The van der Waals surface area contributed by atoms with Crippen molar-refractivity contribution >= 4 is 0 Å². The zero-order chi connectivity index (χ0) is 7.40. The maximum Gasteiger partial charge on any atom is 0.0140 e. The Morgan fingerprint density at radius 2 is 2.00 bits per heavy atom. The van der Waals surface area contributed by atoms with Crippen molar-refractivity contribution in [3.05, 3.63) is 35.4 Å². The SMILES string of the molecule is Cc1ccccc1CC[NH]. The molecule has 1 heteroatoms. The first kappa shape index (κ1) is 7.29. The average molecular weight is 134 g/mol. The Morgan fingerprint density at radius 1 is 1.30 bits per heavy atom. The number of hydrogen-bond acceptors (Lipinski definition) is 0. The van der Waals surface area contributed by atoms with E-state index in [0.717, 1.165) is 6.42 Å². The van der Waals surface area contributed by atoms with Crippen molar-refractivity contribution < 1.29 is 0 Å². The van der Waals surface area contributed by atoms with Crippen LogP contribution >= 0.6 is 0 Å². The van der Waals surface area contributed by atoms with Gasteiger partial charge in [0.2, 0.25) is 0 Å². The molecule has 0 atom stereocenters. The van der Waals surface area contributed by atoms with E-state index in [-0.39, 0.29) is 0 Å². The van der Waals surface area contributed by atoms with Crippen LogP contribution in [-0.4, -0.2) is 6.54 Å². The lowest BCUT2D eigenvalue weighted by molar-refractivity contribution is 0.932. The van der Waals surface area contributed by atoms with Gasteiger partial charge >= 0.3 is 0 Å². The minimum absolute atomic E-state index is 0.491. The zero-order valence-electron chi connectivity index (χ0n) is 6.22. The third kappa shape index (κ3) is 1.58. The highest BCUT2D eigenvalue weighted by atomic mass is 14.5. The molecule has 10 heavy (non-hydrogen) atoms. The molecule has 1 rings (SSSR count). The normalized spacial score (nSPS) is 9.80. The van der Waals surface area contributed by atoms with Crippen molar-refractivity contribution in [2.45, 2.75) is 13.3 Å². The molecule has 0 heterocycles. The fourth-order valence-electron chi connectivity index (χ4n) is 1.03. The minimum Gasteiger partial charge on any atom is -0.258 e. The predicted molar refractivity (Wildman–Crippen MR) is 42.8 cm³/mol. The molecule has 0 bridgehead atoms. The Bertz CT molecular complexity index is 206. The maximum absolute atomic E-state index is 7.04. The molecular weight excluding hydrogens is 122 g/mol. The van der Waals surface area contributed by atoms with Gasteiger partial charge in [0, 0.05) is 6.54 Å². The van der Waals surface area contributed by atoms with Crippen LogP contribution in [0.1, 0.15) is 11.1 Å². The fourth-order valence-corrected chi connectivity index (χ4v) is 1.03. The smallest absolute Gasteiger partial charge is 0.0140 e. The van der Waals surface area contributed by atoms with Gasteiger partial charge in [-0.2, -0.15) is 0 Å². The Hall–Kier alpha value is -0.820. The van der Waals surface area contributed by atoms with E-state index in [4.69, 9.17) is 5.73 Å². The number of benzene rings is 1. The molecule has 0 unspecified atom stereocenters. The predicted octanol–water partition coefficient (Wildman–Crippen LogP) is 1.82. The van der Waals surface area contributed by atoms with Gasteiger partial charge in [0.25, 0.3) is 0 Å². The summed E-state index contributed by atoms with van der Waals surface area (Å²) in [5, 5.41) is 0. The van der Waals surface area contributed by atoms with Crippen LogP contribution in [0.4, 0.5) is 0 Å². The van der Waals surface area contributed by atoms with Crippen LogP contribution in [0.2, 0.25) is 0 Å². The van der Waals surface area contributed by atoms with E-state index in [1.54, 1.807) is 0 Å². The largest absolute Gasteiger partial charge is 0.258 e. The molecule has 0 aliphatic heterocycles. The number of aryl methyl sites for hydroxylation is 1. The van der Waals surface area contributed by atoms with Crippen LogP contribution in [0.5, 0.6) is 0 Å². The standard InChI is InChI=1S/C9H12N/c1-8-4-2-3-5-9(8)6-7-10/h2-5,10H,6-7H2,1H3. The average Bonchev–Trinajstić information content (AvgIpc) is 1.94. The zero-order valence-corrected chi connectivity index (χ0v) is 6.22. The number of nitrogens with one attached hydrogen (secondary N) is 1. The van der Waals surface area contributed by atoms with Gasteiger partial charge in [0.05, 0.1) is 0 Å². The minimum atomic E-state index is 0.491. The quantitative estimate of drug-likeness (QED) is 0.589. The second-order valence-electron chi connectivity index (χ2n) is 2.43. The Morgan fingerprint density at radius 3 is 2.60 bits per heavy atom. The van der Waals surface area contributed by atoms with Crippen LogP contribution in [0.3, 0.4) is 0 Å². The molecule has 0 aliphatic carbocycles. The van der Waals surface area contributed by atoms with Crippen molar-refractivity contribution in [2.24, 2.45) is 0 Å². The van der Waals surface area contributed by atoms with Crippen molar-refractivity contribution in [3.8, 4) is 0 Å². The van der Waals surface area contributed by atoms with Gasteiger partial charge in [-0.15, -0.1) is 0 Å². The van der Waals surface area contributed by atoms with Crippen LogP contribution in [-0.2, 0) is 6.42 Å². The molecule has 1 aromatic carbocycles. The van der Waals surface area contributed by atoms with E-state index in [0.29, 0.717) is 6.54 Å². The van der Waals surface area contributed by atoms with Crippen LogP contribution < -0.4 is 5.73 Å². The van der Waals surface area contributed by atoms with Gasteiger partial charge in [-0.05, 0) is 24.5 Å². The van der Waals surface area contributed by atoms with Gasteiger partial charge in [-0.25, -0.2) is 0 Å². The molecule has 0 amide bonds. The van der Waals surface area contributed by atoms with Crippen molar-refractivity contribution in [1.82, 2.24) is 5.73 Å². The fraction of sp³-hybridized carbons (Fsp3) is 0.333. The van der Waals surface area contributed by atoms with Gasteiger partial charge < -0.3 is 0 Å². The lowest BCUT2D eigenvalue weighted by Gasteiger charge is -2.00. The van der Waals surface area contributed by atoms with Crippen LogP contribution in [0.15, 0.2) is 24.3 Å². The van der Waals surface area contributed by atoms with E-state index in [1.165, 1.54) is 11.1 Å². The summed E-state index contributed by atoms with van der Waals surface area (Å²) in [6.07, 6.45) is 0.882. The molecule has 1 N–H and O–H groups in total. The van der Waals surface area contributed by atoms with Gasteiger partial charge in [-0.3, -0.25) is 5.73 Å². The summed E-state index contributed by atoms with van der Waals surface area (Å²) in [5.41, 5.74) is 9.64. The van der Waals surface area contributed by atoms with Gasteiger partial charge in [-0.1, -0.05) is 24.3 Å². The van der Waals surface area contributed by atoms with Crippen molar-refractivity contribution in [1.29, 1.82) is 0 Å². The van der Waals surface area contributed by atoms with Gasteiger partial charge in [0.15, 0.2) is 0 Å². The Kier molecular flexibility index (Phi) is 2.46. The summed E-state index contributed by atoms with van der Waals surface area (Å²) >= 11 is 0. The molecular formula is C9H12N. The van der Waals surface area contributed by atoms with E-state index in [9.17, 15) is 0 Å². The molecule has 0 spiro atoms. The molecule has 0 aliphatic rings. The summed E-state index contributed by atoms with van der Waals surface area (Å²) in [4.78, 5) is 0. The monoisotopic (exact) mass is 134 g/mol. The maximum atomic E-state index is 7.04. The summed E-state index contributed by atoms with van der Waals surface area (Å²) in [6, 6.07) is 8.23. The second-order valence-corrected chi connectivity index (χ2v) is 2.43. The molecule has 0 saturated heterocycles. The topological polar surface area (TPSA) is 23.8 Å². The molecule has 53 valence electrons. The second kappa shape index (κ2) is 3.37. The molecule has 1 aromatic rings. The molecule has 0 saturated carbocycles. The van der Waals surface area contributed by atoms with Crippen molar-refractivity contribution in [2.75, 3.05) is 6.54 Å². The summed E-state index contributed by atoms with van der Waals surface area (Å²) < 4.78 is 0. The molecule has 0 fully saturated rings. The molecule has 1 radical (unpaired) electrons. The first-order valence-electron chi connectivity index (χ1n) is 3.53. The highest BCUT2D eigenvalue weighted by Gasteiger charge is 1.92. The third-order valence-electron chi connectivity index (χ3n) is 1.66. The Labute approximate surface area is 61.9 Å². The lowest BCUT2D eigenvalue weighted by atomic mass is 10.1. The number of rotatable bonds is 2. The first-order valence-corrected chi connectivity index (χ1v) is 3.53. The van der Waals surface area contributed by atoms with Gasteiger partial charge in [0.1, 0.15) is 0 Å². The van der Waals surface area contributed by atoms with Crippen molar-refractivity contribution in [3.63, 3.8) is 0 Å². The summed E-state index contributed by atoms with van der Waals surface area (Å²) in [6.45, 7) is 2.58. The Balaban J connectivity index is 2.81. The molecule has 1 nitrogen and oxygen atoms in total. The highest BCUT2D eigenvalue weighted by molar-refractivity contribution is 5.25. The first-order chi connectivity index (χ1) is 4.84. The van der Waals surface area contributed by atoms with E-state index in [1.807, 2.05) is 12.1 Å². The van der Waals surface area contributed by atoms with E-state index < -0.39 is 0 Å². The van der Waals surface area contributed by atoms with Crippen LogP contribution in [0.25, 0.3) is 0 Å². The number of hydrogen-bond donors (Lipinski definition) is 0. The highest BCUT2D eigenvalue weighted by Crippen LogP contribution is 2.06. The summed E-state index contributed by atoms with van der Waals surface area (Å²) in [7, 11) is 0. The lowest BCUT2D eigenvalue weighted by Crippen LogP contribution is -1.94. The van der Waals surface area contributed by atoms with E-state index >= 15 is 0 Å².